The number of anilines is 1. The number of ether oxygens (including phenoxy) is 1. The van der Waals surface area contributed by atoms with E-state index in [0.29, 0.717) is 22.3 Å². The zero-order valence-corrected chi connectivity index (χ0v) is 11.4. The fourth-order valence-electron chi connectivity index (χ4n) is 1.61. The highest BCUT2D eigenvalue weighted by Crippen LogP contribution is 2.32. The highest BCUT2D eigenvalue weighted by atomic mass is 35.5. The molecule has 2 aromatic rings. The lowest BCUT2D eigenvalue weighted by Crippen LogP contribution is -2.11. The van der Waals surface area contributed by atoms with Crippen LogP contribution in [-0.2, 0) is 0 Å². The first-order valence-electron chi connectivity index (χ1n) is 5.80. The molecule has 1 aromatic heterocycles. The van der Waals surface area contributed by atoms with Gasteiger partial charge in [-0.25, -0.2) is 5.10 Å². The monoisotopic (exact) mass is 279 g/mol. The molecule has 0 saturated carbocycles. The summed E-state index contributed by atoms with van der Waals surface area (Å²) in [6.45, 7) is 3.90. The fraction of sp³-hybridized carbons (Fsp3) is 0.231. The van der Waals surface area contributed by atoms with E-state index in [0.717, 1.165) is 5.56 Å². The molecule has 3 N–H and O–H groups in total. The average Bonchev–Trinajstić information content (AvgIpc) is 2.34. The Kier molecular flexibility index (Phi) is 3.76. The molecule has 0 aliphatic heterocycles. The SMILES string of the molecule is CC(C)c1cc(=O)[nH]nc1Oc1ccc(N)cc1Cl. The van der Waals surface area contributed by atoms with Crippen molar-refractivity contribution >= 4 is 17.3 Å². The largest absolute Gasteiger partial charge is 0.436 e. The summed E-state index contributed by atoms with van der Waals surface area (Å²) in [5.41, 5.74) is 6.62. The van der Waals surface area contributed by atoms with Crippen LogP contribution in [0.15, 0.2) is 29.1 Å². The number of benzene rings is 1. The van der Waals surface area contributed by atoms with Gasteiger partial charge in [0.15, 0.2) is 0 Å². The number of rotatable bonds is 3. The molecule has 0 aliphatic rings. The molecule has 0 fully saturated rings. The standard InChI is InChI=1S/C13H14ClN3O2/c1-7(2)9-6-12(18)16-17-13(9)19-11-4-3-8(15)5-10(11)14/h3-7H,15H2,1-2H3,(H,16,18). The predicted octanol–water partition coefficient (Wildman–Crippen LogP) is 2.92. The molecule has 0 spiro atoms. The minimum atomic E-state index is -0.264. The van der Waals surface area contributed by atoms with Crippen molar-refractivity contribution in [2.24, 2.45) is 0 Å². The van der Waals surface area contributed by atoms with Gasteiger partial charge in [0.05, 0.1) is 5.02 Å². The van der Waals surface area contributed by atoms with Gasteiger partial charge in [-0.15, -0.1) is 5.10 Å². The van der Waals surface area contributed by atoms with Crippen LogP contribution in [0.3, 0.4) is 0 Å². The van der Waals surface area contributed by atoms with Crippen molar-refractivity contribution in [3.05, 3.63) is 45.2 Å². The highest BCUT2D eigenvalue weighted by Gasteiger charge is 2.13. The number of hydrogen-bond acceptors (Lipinski definition) is 4. The summed E-state index contributed by atoms with van der Waals surface area (Å²) in [5, 5.41) is 6.65. The number of nitrogen functional groups attached to an aromatic ring is 1. The summed E-state index contributed by atoms with van der Waals surface area (Å²) in [7, 11) is 0. The molecular formula is C13H14ClN3O2. The van der Waals surface area contributed by atoms with E-state index in [-0.39, 0.29) is 11.5 Å². The number of aromatic nitrogens is 2. The summed E-state index contributed by atoms with van der Waals surface area (Å²) in [4.78, 5) is 11.3. The van der Waals surface area contributed by atoms with Crippen molar-refractivity contribution in [1.29, 1.82) is 0 Å². The molecule has 0 amide bonds. The number of hydrogen-bond donors (Lipinski definition) is 2. The van der Waals surface area contributed by atoms with E-state index in [1.165, 1.54) is 6.07 Å². The van der Waals surface area contributed by atoms with Crippen molar-refractivity contribution in [1.82, 2.24) is 10.2 Å². The van der Waals surface area contributed by atoms with Gasteiger partial charge in [-0.3, -0.25) is 4.79 Å². The molecule has 19 heavy (non-hydrogen) atoms. The maximum atomic E-state index is 11.3. The summed E-state index contributed by atoms with van der Waals surface area (Å²) in [6, 6.07) is 6.41. The average molecular weight is 280 g/mol. The van der Waals surface area contributed by atoms with Gasteiger partial charge in [-0.1, -0.05) is 25.4 Å². The van der Waals surface area contributed by atoms with E-state index in [1.807, 2.05) is 13.8 Å². The van der Waals surface area contributed by atoms with Crippen LogP contribution < -0.4 is 16.0 Å². The molecule has 0 aliphatic carbocycles. The zero-order valence-electron chi connectivity index (χ0n) is 10.6. The Hall–Kier alpha value is -2.01. The van der Waals surface area contributed by atoms with E-state index in [1.54, 1.807) is 18.2 Å². The molecule has 0 saturated heterocycles. The van der Waals surface area contributed by atoms with Crippen LogP contribution in [-0.4, -0.2) is 10.2 Å². The zero-order chi connectivity index (χ0) is 14.0. The van der Waals surface area contributed by atoms with Crippen molar-refractivity contribution in [3.8, 4) is 11.6 Å². The molecule has 0 radical (unpaired) electrons. The first kappa shape index (κ1) is 13.4. The van der Waals surface area contributed by atoms with Crippen molar-refractivity contribution in [2.75, 3.05) is 5.73 Å². The lowest BCUT2D eigenvalue weighted by molar-refractivity contribution is 0.444. The second-order valence-corrected chi connectivity index (χ2v) is 4.85. The third kappa shape index (κ3) is 3.06. The van der Waals surface area contributed by atoms with Crippen molar-refractivity contribution in [2.45, 2.75) is 19.8 Å². The molecule has 0 atom stereocenters. The van der Waals surface area contributed by atoms with Crippen molar-refractivity contribution in [3.63, 3.8) is 0 Å². The smallest absolute Gasteiger partial charge is 0.264 e. The van der Waals surface area contributed by atoms with Gasteiger partial charge in [0.2, 0.25) is 5.88 Å². The van der Waals surface area contributed by atoms with Gasteiger partial charge in [0, 0.05) is 17.3 Å². The maximum absolute atomic E-state index is 11.3. The Labute approximate surface area is 115 Å². The van der Waals surface area contributed by atoms with Crippen LogP contribution in [0.5, 0.6) is 11.6 Å². The molecule has 0 unspecified atom stereocenters. The van der Waals surface area contributed by atoms with Gasteiger partial charge in [0.25, 0.3) is 5.56 Å². The van der Waals surface area contributed by atoms with Gasteiger partial charge < -0.3 is 10.5 Å². The fourth-order valence-corrected chi connectivity index (χ4v) is 1.83. The van der Waals surface area contributed by atoms with Crippen LogP contribution in [0, 0.1) is 0 Å². The van der Waals surface area contributed by atoms with E-state index < -0.39 is 0 Å². The second kappa shape index (κ2) is 5.32. The highest BCUT2D eigenvalue weighted by molar-refractivity contribution is 6.32. The molecule has 1 aromatic carbocycles. The van der Waals surface area contributed by atoms with Gasteiger partial charge >= 0.3 is 0 Å². The van der Waals surface area contributed by atoms with Crippen LogP contribution in [0.1, 0.15) is 25.3 Å². The predicted molar refractivity (Wildman–Crippen MR) is 74.9 cm³/mol. The normalized spacial score (nSPS) is 10.7. The Morgan fingerprint density at radius 2 is 2.11 bits per heavy atom. The third-order valence-electron chi connectivity index (χ3n) is 2.59. The first-order valence-corrected chi connectivity index (χ1v) is 6.17. The molecule has 6 heteroatoms. The van der Waals surface area contributed by atoms with E-state index in [2.05, 4.69) is 10.2 Å². The van der Waals surface area contributed by atoms with Crippen LogP contribution >= 0.6 is 11.6 Å². The Bertz CT molecular complexity index is 653. The number of aromatic amines is 1. The quantitative estimate of drug-likeness (QED) is 0.847. The minimum Gasteiger partial charge on any atom is -0.436 e. The Morgan fingerprint density at radius 3 is 2.74 bits per heavy atom. The lowest BCUT2D eigenvalue weighted by Gasteiger charge is -2.12. The number of nitrogens with two attached hydrogens (primary N) is 1. The minimum absolute atomic E-state index is 0.109. The van der Waals surface area contributed by atoms with Crippen LogP contribution in [0.25, 0.3) is 0 Å². The molecule has 5 nitrogen and oxygen atoms in total. The summed E-state index contributed by atoms with van der Waals surface area (Å²) >= 11 is 6.04. The third-order valence-corrected chi connectivity index (χ3v) is 2.88. The van der Waals surface area contributed by atoms with Crippen LogP contribution in [0.4, 0.5) is 5.69 Å². The summed E-state index contributed by atoms with van der Waals surface area (Å²) in [6.07, 6.45) is 0. The van der Waals surface area contributed by atoms with Gasteiger partial charge in [0.1, 0.15) is 5.75 Å². The number of H-pyrrole nitrogens is 1. The summed E-state index contributed by atoms with van der Waals surface area (Å²) in [5.74, 6) is 0.885. The van der Waals surface area contributed by atoms with E-state index in [9.17, 15) is 4.79 Å². The van der Waals surface area contributed by atoms with Gasteiger partial charge in [-0.05, 0) is 24.1 Å². The Balaban J connectivity index is 2.40. The Morgan fingerprint density at radius 1 is 1.37 bits per heavy atom. The molecular weight excluding hydrogens is 266 g/mol. The van der Waals surface area contributed by atoms with E-state index >= 15 is 0 Å². The topological polar surface area (TPSA) is 81.0 Å². The van der Waals surface area contributed by atoms with Crippen molar-refractivity contribution < 1.29 is 4.74 Å². The van der Waals surface area contributed by atoms with Crippen LogP contribution in [0.2, 0.25) is 5.02 Å². The number of halogens is 1. The second-order valence-electron chi connectivity index (χ2n) is 4.44. The molecule has 2 rings (SSSR count). The molecule has 1 heterocycles. The summed E-state index contributed by atoms with van der Waals surface area (Å²) < 4.78 is 5.64. The first-order chi connectivity index (χ1) is 8.97. The number of nitrogens with one attached hydrogen (secondary N) is 1. The molecule has 0 bridgehead atoms. The number of nitrogens with zero attached hydrogens (tertiary/aromatic N) is 1. The van der Waals surface area contributed by atoms with E-state index in [4.69, 9.17) is 22.1 Å². The molecule has 100 valence electrons. The lowest BCUT2D eigenvalue weighted by atomic mass is 10.1. The van der Waals surface area contributed by atoms with Gasteiger partial charge in [-0.2, -0.15) is 0 Å². The maximum Gasteiger partial charge on any atom is 0.264 e.